The van der Waals surface area contributed by atoms with Gasteiger partial charge in [0.05, 0.1) is 6.04 Å². The van der Waals surface area contributed by atoms with Gasteiger partial charge in [0.2, 0.25) is 5.91 Å². The van der Waals surface area contributed by atoms with Crippen molar-refractivity contribution in [1.82, 2.24) is 15.5 Å². The van der Waals surface area contributed by atoms with Crippen LogP contribution >= 0.6 is 0 Å². The van der Waals surface area contributed by atoms with E-state index in [1.807, 2.05) is 92.8 Å². The summed E-state index contributed by atoms with van der Waals surface area (Å²) in [4.78, 5) is 28.2. The molecule has 2 amide bonds. The molecule has 0 aliphatic rings. The Morgan fingerprint density at radius 3 is 2.03 bits per heavy atom. The van der Waals surface area contributed by atoms with Crippen LogP contribution in [0.3, 0.4) is 0 Å². The van der Waals surface area contributed by atoms with Crippen LogP contribution in [-0.4, -0.2) is 55.5 Å². The van der Waals surface area contributed by atoms with Crippen LogP contribution in [0.1, 0.15) is 40.7 Å². The van der Waals surface area contributed by atoms with E-state index in [2.05, 4.69) is 34.9 Å². The molecule has 4 N–H and O–H groups in total. The minimum atomic E-state index is -0.445. The van der Waals surface area contributed by atoms with Gasteiger partial charge in [0, 0.05) is 37.7 Å². The fourth-order valence-electron chi connectivity index (χ4n) is 4.93. The van der Waals surface area contributed by atoms with Crippen LogP contribution in [0.4, 0.5) is 0 Å². The summed E-state index contributed by atoms with van der Waals surface area (Å²) in [5, 5.41) is 8.52. The van der Waals surface area contributed by atoms with E-state index < -0.39 is 6.04 Å². The number of fused-ring (bicyclic) bond motifs is 1. The Morgan fingerprint density at radius 1 is 0.821 bits per heavy atom. The molecule has 2 atom stereocenters. The maximum absolute atomic E-state index is 13.6. The number of rotatable bonds is 12. The highest BCUT2D eigenvalue weighted by Gasteiger charge is 2.26. The zero-order valence-corrected chi connectivity index (χ0v) is 22.7. The second kappa shape index (κ2) is 13.7. The van der Waals surface area contributed by atoms with Crippen LogP contribution in [0.15, 0.2) is 103 Å². The largest absolute Gasteiger partial charge is 0.350 e. The molecule has 0 heterocycles. The topological polar surface area (TPSA) is 87.5 Å². The SMILES string of the molecule is CC(CNC(=O)c1ccc2ccccc2c1)N[C@@H](CCN)C(=O)N(C)CC(c1ccccc1)c1ccccc1. The van der Waals surface area contributed by atoms with Crippen LogP contribution in [-0.2, 0) is 4.79 Å². The van der Waals surface area contributed by atoms with Crippen LogP contribution in [0.2, 0.25) is 0 Å². The Balaban J connectivity index is 1.38. The van der Waals surface area contributed by atoms with E-state index in [1.165, 1.54) is 0 Å². The number of hydrogen-bond acceptors (Lipinski definition) is 4. The van der Waals surface area contributed by atoms with Gasteiger partial charge < -0.3 is 21.3 Å². The molecular weight excluding hydrogens is 484 g/mol. The summed E-state index contributed by atoms with van der Waals surface area (Å²) < 4.78 is 0. The highest BCUT2D eigenvalue weighted by molar-refractivity contribution is 5.98. The Labute approximate surface area is 231 Å². The van der Waals surface area contributed by atoms with E-state index in [-0.39, 0.29) is 23.8 Å². The molecule has 39 heavy (non-hydrogen) atoms. The van der Waals surface area contributed by atoms with Gasteiger partial charge in [-0.1, -0.05) is 91.0 Å². The maximum atomic E-state index is 13.6. The monoisotopic (exact) mass is 522 g/mol. The van der Waals surface area contributed by atoms with E-state index in [4.69, 9.17) is 5.73 Å². The van der Waals surface area contributed by atoms with Crippen LogP contribution in [0, 0.1) is 0 Å². The second-order valence-corrected chi connectivity index (χ2v) is 10.1. The van der Waals surface area contributed by atoms with E-state index in [0.29, 0.717) is 31.6 Å². The van der Waals surface area contributed by atoms with Crippen molar-refractivity contribution in [2.45, 2.75) is 31.3 Å². The van der Waals surface area contributed by atoms with Crippen molar-refractivity contribution in [1.29, 1.82) is 0 Å². The molecule has 4 rings (SSSR count). The van der Waals surface area contributed by atoms with Gasteiger partial charge in [-0.15, -0.1) is 0 Å². The normalized spacial score (nSPS) is 12.7. The van der Waals surface area contributed by atoms with Crippen molar-refractivity contribution in [3.8, 4) is 0 Å². The predicted octanol–water partition coefficient (Wildman–Crippen LogP) is 4.56. The van der Waals surface area contributed by atoms with Crippen molar-refractivity contribution in [3.63, 3.8) is 0 Å². The maximum Gasteiger partial charge on any atom is 0.251 e. The van der Waals surface area contributed by atoms with Crippen molar-refractivity contribution < 1.29 is 9.59 Å². The molecule has 0 bridgehead atoms. The van der Waals surface area contributed by atoms with Crippen LogP contribution in [0.5, 0.6) is 0 Å². The molecule has 0 saturated carbocycles. The van der Waals surface area contributed by atoms with Crippen molar-refractivity contribution in [2.75, 3.05) is 26.7 Å². The Morgan fingerprint density at radius 2 is 1.41 bits per heavy atom. The highest BCUT2D eigenvalue weighted by Crippen LogP contribution is 2.25. The Bertz CT molecular complexity index is 1320. The number of amides is 2. The number of carbonyl (C=O) groups is 2. The van der Waals surface area contributed by atoms with E-state index in [0.717, 1.165) is 21.9 Å². The van der Waals surface area contributed by atoms with E-state index in [1.54, 1.807) is 4.90 Å². The smallest absolute Gasteiger partial charge is 0.251 e. The quantitative estimate of drug-likeness (QED) is 0.255. The number of carbonyl (C=O) groups excluding carboxylic acids is 2. The molecule has 0 aromatic heterocycles. The summed E-state index contributed by atoms with van der Waals surface area (Å²) in [7, 11) is 1.85. The first kappa shape index (κ1) is 28.0. The molecule has 4 aromatic carbocycles. The van der Waals surface area contributed by atoms with Crippen LogP contribution < -0.4 is 16.4 Å². The van der Waals surface area contributed by atoms with Crippen molar-refractivity contribution >= 4 is 22.6 Å². The number of hydrogen-bond donors (Lipinski definition) is 3. The number of nitrogens with two attached hydrogens (primary N) is 1. The van der Waals surface area contributed by atoms with Crippen LogP contribution in [0.25, 0.3) is 10.8 Å². The molecular formula is C33H38N4O2. The van der Waals surface area contributed by atoms with Crippen molar-refractivity contribution in [2.24, 2.45) is 5.73 Å². The average Bonchev–Trinajstić information content (AvgIpc) is 2.98. The number of benzene rings is 4. The number of likely N-dealkylation sites (N-methyl/N-ethyl adjacent to an activating group) is 1. The van der Waals surface area contributed by atoms with Gasteiger partial charge in [0.1, 0.15) is 0 Å². The molecule has 0 spiro atoms. The standard InChI is InChI=1S/C33H38N4O2/c1-24(22-35-32(38)29-18-17-25-11-9-10-16-28(25)21-29)36-31(19-20-34)33(39)37(2)23-30(26-12-5-3-6-13-26)27-14-7-4-8-15-27/h3-18,21,24,30-31,36H,19-20,22-23,34H2,1-2H3,(H,35,38)/t24?,31-/m0/s1. The Hall–Kier alpha value is -4.00. The zero-order valence-electron chi connectivity index (χ0n) is 22.7. The van der Waals surface area contributed by atoms with Gasteiger partial charge >= 0.3 is 0 Å². The lowest BCUT2D eigenvalue weighted by atomic mass is 9.90. The van der Waals surface area contributed by atoms with Gasteiger partial charge in [-0.3, -0.25) is 9.59 Å². The summed E-state index contributed by atoms with van der Waals surface area (Å²) in [5.74, 6) is -0.0923. The molecule has 202 valence electrons. The van der Waals surface area contributed by atoms with Gasteiger partial charge in [-0.05, 0) is 53.9 Å². The summed E-state index contributed by atoms with van der Waals surface area (Å²) >= 11 is 0. The number of nitrogens with one attached hydrogen (secondary N) is 2. The molecule has 6 heteroatoms. The molecule has 0 aliphatic carbocycles. The molecule has 6 nitrogen and oxygen atoms in total. The van der Waals surface area contributed by atoms with E-state index in [9.17, 15) is 9.59 Å². The van der Waals surface area contributed by atoms with Gasteiger partial charge in [0.25, 0.3) is 5.91 Å². The molecule has 0 radical (unpaired) electrons. The number of nitrogens with zero attached hydrogens (tertiary/aromatic N) is 1. The highest BCUT2D eigenvalue weighted by atomic mass is 16.2. The van der Waals surface area contributed by atoms with Gasteiger partial charge in [-0.2, -0.15) is 0 Å². The first-order valence-electron chi connectivity index (χ1n) is 13.5. The third kappa shape index (κ3) is 7.53. The molecule has 0 fully saturated rings. The second-order valence-electron chi connectivity index (χ2n) is 10.1. The van der Waals surface area contributed by atoms with E-state index >= 15 is 0 Å². The fraction of sp³-hybridized carbons (Fsp3) is 0.273. The fourth-order valence-corrected chi connectivity index (χ4v) is 4.93. The summed E-state index contributed by atoms with van der Waals surface area (Å²) in [6.45, 7) is 3.28. The molecule has 0 aliphatic heterocycles. The molecule has 4 aromatic rings. The first-order valence-corrected chi connectivity index (χ1v) is 13.5. The lowest BCUT2D eigenvalue weighted by Crippen LogP contribution is -2.52. The average molecular weight is 523 g/mol. The summed E-state index contributed by atoms with van der Waals surface area (Å²) in [5.41, 5.74) is 8.83. The minimum Gasteiger partial charge on any atom is -0.350 e. The van der Waals surface area contributed by atoms with Gasteiger partial charge in [-0.25, -0.2) is 0 Å². The minimum absolute atomic E-state index is 0.00924. The Kier molecular flexibility index (Phi) is 9.84. The predicted molar refractivity (Wildman–Crippen MR) is 159 cm³/mol. The summed E-state index contributed by atoms with van der Waals surface area (Å²) in [6.07, 6.45) is 0.507. The first-order chi connectivity index (χ1) is 19.0. The molecule has 1 unspecified atom stereocenters. The molecule has 0 saturated heterocycles. The van der Waals surface area contributed by atoms with Crippen molar-refractivity contribution in [3.05, 3.63) is 120 Å². The zero-order chi connectivity index (χ0) is 27.6. The van der Waals surface area contributed by atoms with Gasteiger partial charge in [0.15, 0.2) is 0 Å². The third-order valence-corrected chi connectivity index (χ3v) is 7.06. The third-order valence-electron chi connectivity index (χ3n) is 7.06. The lowest BCUT2D eigenvalue weighted by Gasteiger charge is -2.30. The summed E-state index contributed by atoms with van der Waals surface area (Å²) in [6, 6.07) is 33.6. The lowest BCUT2D eigenvalue weighted by molar-refractivity contribution is -0.132.